The van der Waals surface area contributed by atoms with Crippen LogP contribution < -0.4 is 16.8 Å². The Morgan fingerprint density at radius 3 is 2.27 bits per heavy atom. The number of nitrogens with one attached hydrogen (secondary N) is 1. The van der Waals surface area contributed by atoms with Gasteiger partial charge in [0.25, 0.3) is 11.1 Å². The van der Waals surface area contributed by atoms with Gasteiger partial charge in [-0.2, -0.15) is 0 Å². The first-order valence-electron chi connectivity index (χ1n) is 6.54. The van der Waals surface area contributed by atoms with E-state index < -0.39 is 22.6 Å². The van der Waals surface area contributed by atoms with Crippen LogP contribution >= 0.6 is 0 Å². The van der Waals surface area contributed by atoms with Crippen molar-refractivity contribution in [1.82, 2.24) is 14.1 Å². The molecule has 0 atom stereocenters. The van der Waals surface area contributed by atoms with Crippen molar-refractivity contribution < 1.29 is 5.11 Å². The number of aromatic hydroxyl groups is 1. The molecule has 112 valence electrons. The number of rotatable bonds is 1. The minimum Gasteiger partial charge on any atom is -0.506 e. The zero-order chi connectivity index (χ0) is 16.0. The van der Waals surface area contributed by atoms with Gasteiger partial charge in [-0.15, -0.1) is 0 Å². The average Bonchev–Trinajstić information content (AvgIpc) is 2.51. The zero-order valence-electron chi connectivity index (χ0n) is 12.0. The number of fused-ring (bicyclic) bond motifs is 1. The summed E-state index contributed by atoms with van der Waals surface area (Å²) in [6, 6.07) is 8.53. The minimum absolute atomic E-state index is 0.00356. The topological polar surface area (TPSA) is 97.1 Å². The summed E-state index contributed by atoms with van der Waals surface area (Å²) < 4.78 is 2.00. The van der Waals surface area contributed by atoms with Crippen molar-refractivity contribution in [3.63, 3.8) is 0 Å². The largest absolute Gasteiger partial charge is 0.506 e. The van der Waals surface area contributed by atoms with Gasteiger partial charge in [-0.1, -0.05) is 30.3 Å². The van der Waals surface area contributed by atoms with E-state index in [2.05, 4.69) is 4.98 Å². The van der Waals surface area contributed by atoms with E-state index in [-0.39, 0.29) is 16.6 Å². The summed E-state index contributed by atoms with van der Waals surface area (Å²) in [4.78, 5) is 39.0. The smallest absolute Gasteiger partial charge is 0.332 e. The lowest BCUT2D eigenvalue weighted by Gasteiger charge is -2.11. The molecule has 0 fully saturated rings. The van der Waals surface area contributed by atoms with Gasteiger partial charge in [0.15, 0.2) is 0 Å². The fourth-order valence-electron chi connectivity index (χ4n) is 2.48. The Labute approximate surface area is 123 Å². The molecule has 0 saturated heterocycles. The van der Waals surface area contributed by atoms with E-state index in [0.717, 1.165) is 9.13 Å². The Hall–Kier alpha value is -3.09. The van der Waals surface area contributed by atoms with E-state index in [1.54, 1.807) is 30.3 Å². The molecule has 0 unspecified atom stereocenters. The molecule has 0 bridgehead atoms. The van der Waals surface area contributed by atoms with Crippen LogP contribution in [0.15, 0.2) is 44.7 Å². The predicted octanol–water partition coefficient (Wildman–Crippen LogP) is 0.298. The van der Waals surface area contributed by atoms with Crippen LogP contribution in [0.3, 0.4) is 0 Å². The summed E-state index contributed by atoms with van der Waals surface area (Å²) in [5, 5.41) is 10.4. The molecular formula is C15H13N3O4. The number of H-pyrrole nitrogens is 1. The number of aryl methyl sites for hydroxylation is 1. The van der Waals surface area contributed by atoms with Crippen molar-refractivity contribution in [2.45, 2.75) is 0 Å². The highest BCUT2D eigenvalue weighted by molar-refractivity contribution is 5.89. The number of hydrogen-bond donors (Lipinski definition) is 2. The molecule has 3 rings (SSSR count). The van der Waals surface area contributed by atoms with E-state index in [4.69, 9.17) is 0 Å². The fraction of sp³-hybridized carbons (Fsp3) is 0.133. The standard InChI is InChI=1S/C15H13N3O4/c1-17-12-10(14(21)18(2)15(17)22)11(19)9(13(20)16-12)8-6-4-3-5-7-8/h3-7H,1-2H3,(H2,16,19,20). The lowest BCUT2D eigenvalue weighted by atomic mass is 10.1. The van der Waals surface area contributed by atoms with Gasteiger partial charge < -0.3 is 10.1 Å². The number of hydrogen-bond acceptors (Lipinski definition) is 4. The Kier molecular flexibility index (Phi) is 2.98. The number of nitrogens with zero attached hydrogens (tertiary/aromatic N) is 2. The first-order chi connectivity index (χ1) is 10.4. The highest BCUT2D eigenvalue weighted by atomic mass is 16.3. The molecule has 2 aromatic heterocycles. The van der Waals surface area contributed by atoms with Gasteiger partial charge in [-0.05, 0) is 5.56 Å². The predicted molar refractivity (Wildman–Crippen MR) is 82.2 cm³/mol. The molecule has 0 saturated carbocycles. The third-order valence-electron chi connectivity index (χ3n) is 3.66. The molecule has 2 heterocycles. The maximum atomic E-state index is 12.3. The molecule has 2 N–H and O–H groups in total. The Balaban J connectivity index is 2.58. The van der Waals surface area contributed by atoms with Crippen LogP contribution in [0.4, 0.5) is 0 Å². The molecule has 0 aliphatic heterocycles. The van der Waals surface area contributed by atoms with Crippen LogP contribution in [0.2, 0.25) is 0 Å². The van der Waals surface area contributed by atoms with Crippen LogP contribution in [0.25, 0.3) is 22.2 Å². The van der Waals surface area contributed by atoms with Crippen LogP contribution in [0.5, 0.6) is 5.75 Å². The van der Waals surface area contributed by atoms with E-state index in [0.29, 0.717) is 5.56 Å². The Morgan fingerprint density at radius 1 is 1.00 bits per heavy atom. The fourth-order valence-corrected chi connectivity index (χ4v) is 2.48. The molecule has 1 aromatic carbocycles. The average molecular weight is 299 g/mol. The van der Waals surface area contributed by atoms with Crippen LogP contribution in [-0.2, 0) is 14.1 Å². The first-order valence-corrected chi connectivity index (χ1v) is 6.54. The summed E-state index contributed by atoms with van der Waals surface area (Å²) in [6.45, 7) is 0. The van der Waals surface area contributed by atoms with Crippen molar-refractivity contribution >= 4 is 11.0 Å². The lowest BCUT2D eigenvalue weighted by Crippen LogP contribution is -2.38. The molecule has 0 spiro atoms. The summed E-state index contributed by atoms with van der Waals surface area (Å²) >= 11 is 0. The molecule has 0 aliphatic carbocycles. The van der Waals surface area contributed by atoms with Gasteiger partial charge in [0.05, 0.1) is 5.56 Å². The zero-order valence-corrected chi connectivity index (χ0v) is 12.0. The normalized spacial score (nSPS) is 11.0. The van der Waals surface area contributed by atoms with Crippen LogP contribution in [0.1, 0.15) is 0 Å². The quantitative estimate of drug-likeness (QED) is 0.675. The van der Waals surface area contributed by atoms with Gasteiger partial charge in [-0.25, -0.2) is 4.79 Å². The monoisotopic (exact) mass is 299 g/mol. The molecule has 0 radical (unpaired) electrons. The molecular weight excluding hydrogens is 286 g/mol. The van der Waals surface area contributed by atoms with Crippen molar-refractivity contribution in [2.75, 3.05) is 0 Å². The highest BCUT2D eigenvalue weighted by Gasteiger charge is 2.19. The van der Waals surface area contributed by atoms with Crippen LogP contribution in [0, 0.1) is 0 Å². The number of aromatic amines is 1. The third kappa shape index (κ3) is 1.79. The maximum Gasteiger partial charge on any atom is 0.332 e. The molecule has 7 heteroatoms. The SMILES string of the molecule is Cn1c(=O)c2c(O)c(-c3ccccc3)c(=O)[nH]c2n(C)c1=O. The number of benzene rings is 1. The molecule has 0 aliphatic rings. The highest BCUT2D eigenvalue weighted by Crippen LogP contribution is 2.29. The third-order valence-corrected chi connectivity index (χ3v) is 3.66. The Morgan fingerprint density at radius 2 is 1.64 bits per heavy atom. The summed E-state index contributed by atoms with van der Waals surface area (Å²) in [6.07, 6.45) is 0. The van der Waals surface area contributed by atoms with Crippen LogP contribution in [-0.4, -0.2) is 19.2 Å². The van der Waals surface area contributed by atoms with Crippen molar-refractivity contribution in [3.8, 4) is 16.9 Å². The van der Waals surface area contributed by atoms with Crippen molar-refractivity contribution in [2.24, 2.45) is 14.1 Å². The van der Waals surface area contributed by atoms with Gasteiger partial charge in [0.2, 0.25) is 0 Å². The molecule has 22 heavy (non-hydrogen) atoms. The Bertz CT molecular complexity index is 1060. The summed E-state index contributed by atoms with van der Waals surface area (Å²) in [5.41, 5.74) is -1.33. The van der Waals surface area contributed by atoms with Crippen molar-refractivity contribution in [1.29, 1.82) is 0 Å². The number of pyridine rings is 1. The van der Waals surface area contributed by atoms with E-state index in [1.807, 2.05) is 0 Å². The van der Waals surface area contributed by atoms with Gasteiger partial charge in [0, 0.05) is 14.1 Å². The van der Waals surface area contributed by atoms with E-state index >= 15 is 0 Å². The minimum atomic E-state index is -0.663. The van der Waals surface area contributed by atoms with E-state index in [1.165, 1.54) is 14.1 Å². The van der Waals surface area contributed by atoms with Gasteiger partial charge in [-0.3, -0.25) is 18.7 Å². The molecule has 7 nitrogen and oxygen atoms in total. The maximum absolute atomic E-state index is 12.3. The number of aromatic nitrogens is 3. The first kappa shape index (κ1) is 13.9. The second-order valence-electron chi connectivity index (χ2n) is 4.97. The van der Waals surface area contributed by atoms with Gasteiger partial charge >= 0.3 is 5.69 Å². The molecule has 3 aromatic rings. The second-order valence-corrected chi connectivity index (χ2v) is 4.97. The second kappa shape index (κ2) is 4.73. The lowest BCUT2D eigenvalue weighted by molar-refractivity contribution is 0.480. The summed E-state index contributed by atoms with van der Waals surface area (Å²) in [5.74, 6) is -0.429. The van der Waals surface area contributed by atoms with E-state index in [9.17, 15) is 19.5 Å². The van der Waals surface area contributed by atoms with Gasteiger partial charge in [0.1, 0.15) is 16.8 Å². The summed E-state index contributed by atoms with van der Waals surface area (Å²) in [7, 11) is 2.73. The van der Waals surface area contributed by atoms with Crippen molar-refractivity contribution in [3.05, 3.63) is 61.5 Å². The molecule has 0 amide bonds.